The molecule has 7 heteroatoms. The fourth-order valence-corrected chi connectivity index (χ4v) is 3.04. The Morgan fingerprint density at radius 3 is 2.75 bits per heavy atom. The molecule has 0 spiro atoms. The number of benzene rings is 1. The zero-order chi connectivity index (χ0) is 14.8. The molecule has 0 aliphatic carbocycles. The van der Waals surface area contributed by atoms with Gasteiger partial charge in [-0.15, -0.1) is 0 Å². The Labute approximate surface area is 121 Å². The van der Waals surface area contributed by atoms with E-state index in [1.165, 1.54) is 18.3 Å². The van der Waals surface area contributed by atoms with Gasteiger partial charge in [-0.2, -0.15) is 5.26 Å². The van der Waals surface area contributed by atoms with Gasteiger partial charge in [-0.05, 0) is 30.7 Å². The number of aryl methyl sites for hydroxylation is 1. The number of hydrogen-bond acceptors (Lipinski definition) is 4. The molecule has 0 radical (unpaired) electrons. The van der Waals surface area contributed by atoms with Crippen LogP contribution in [0.2, 0.25) is 5.15 Å². The number of rotatable bonds is 3. The molecule has 102 valence electrons. The summed E-state index contributed by atoms with van der Waals surface area (Å²) >= 11 is 5.86. The van der Waals surface area contributed by atoms with Crippen LogP contribution in [0.1, 0.15) is 11.1 Å². The first-order valence-electron chi connectivity index (χ1n) is 5.58. The minimum atomic E-state index is -3.89. The first-order chi connectivity index (χ1) is 9.44. The van der Waals surface area contributed by atoms with E-state index < -0.39 is 10.0 Å². The molecule has 0 fully saturated rings. The van der Waals surface area contributed by atoms with Crippen molar-refractivity contribution in [2.24, 2.45) is 0 Å². The van der Waals surface area contributed by atoms with Gasteiger partial charge in [0.05, 0.1) is 11.3 Å². The molecule has 0 amide bonds. The second kappa shape index (κ2) is 5.49. The maximum Gasteiger partial charge on any atom is 0.263 e. The Morgan fingerprint density at radius 2 is 2.05 bits per heavy atom. The van der Waals surface area contributed by atoms with Gasteiger partial charge < -0.3 is 0 Å². The summed E-state index contributed by atoms with van der Waals surface area (Å²) in [6, 6.07) is 9.35. The molecule has 0 atom stereocenters. The van der Waals surface area contributed by atoms with E-state index in [0.29, 0.717) is 0 Å². The van der Waals surface area contributed by atoms with Crippen molar-refractivity contribution in [1.29, 1.82) is 5.26 Å². The lowest BCUT2D eigenvalue weighted by Gasteiger charge is -2.10. The first kappa shape index (κ1) is 14.3. The highest BCUT2D eigenvalue weighted by Gasteiger charge is 2.19. The number of sulfonamides is 1. The lowest BCUT2D eigenvalue weighted by atomic mass is 10.2. The molecule has 0 unspecified atom stereocenters. The minimum absolute atomic E-state index is 0.0496. The summed E-state index contributed by atoms with van der Waals surface area (Å²) < 4.78 is 26.9. The largest absolute Gasteiger partial charge is 0.276 e. The van der Waals surface area contributed by atoms with Gasteiger partial charge in [0.1, 0.15) is 11.0 Å². The van der Waals surface area contributed by atoms with E-state index in [9.17, 15) is 8.42 Å². The average Bonchev–Trinajstić information content (AvgIpc) is 2.42. The summed E-state index contributed by atoms with van der Waals surface area (Å²) in [4.78, 5) is 3.78. The summed E-state index contributed by atoms with van der Waals surface area (Å²) in [6.07, 6.45) is 1.53. The van der Waals surface area contributed by atoms with Gasteiger partial charge in [0.2, 0.25) is 0 Å². The second-order valence-corrected chi connectivity index (χ2v) is 6.07. The van der Waals surface area contributed by atoms with Gasteiger partial charge in [0.15, 0.2) is 5.15 Å². The number of anilines is 1. The molecule has 2 rings (SSSR count). The fraction of sp³-hybridized carbons (Fsp3) is 0.0769. The molecule has 1 N–H and O–H groups in total. The molecule has 1 aromatic heterocycles. The maximum atomic E-state index is 12.3. The summed E-state index contributed by atoms with van der Waals surface area (Å²) in [5.74, 6) is 0. The number of halogens is 1. The Morgan fingerprint density at radius 1 is 1.35 bits per heavy atom. The SMILES string of the molecule is Cc1cnc(Cl)c(NS(=O)(=O)c2ccccc2C#N)c1. The number of nitrogens with zero attached hydrogens (tertiary/aromatic N) is 2. The predicted molar refractivity (Wildman–Crippen MR) is 75.9 cm³/mol. The van der Waals surface area contributed by atoms with Gasteiger partial charge in [-0.1, -0.05) is 23.7 Å². The van der Waals surface area contributed by atoms with E-state index in [1.807, 2.05) is 6.07 Å². The second-order valence-electron chi connectivity index (χ2n) is 4.06. The minimum Gasteiger partial charge on any atom is -0.276 e. The molecule has 0 saturated heterocycles. The van der Waals surface area contributed by atoms with Crippen molar-refractivity contribution in [2.45, 2.75) is 11.8 Å². The van der Waals surface area contributed by atoms with Crippen molar-refractivity contribution < 1.29 is 8.42 Å². The van der Waals surface area contributed by atoms with Crippen LogP contribution >= 0.6 is 11.6 Å². The van der Waals surface area contributed by atoms with E-state index in [0.717, 1.165) is 5.56 Å². The van der Waals surface area contributed by atoms with Crippen LogP contribution in [0.15, 0.2) is 41.4 Å². The summed E-state index contributed by atoms with van der Waals surface area (Å²) in [5.41, 5.74) is 1.01. The predicted octanol–water partition coefficient (Wildman–Crippen LogP) is 2.72. The Bertz CT molecular complexity index is 798. The number of nitriles is 1. The molecule has 2 aromatic rings. The topological polar surface area (TPSA) is 82.8 Å². The molecule has 1 aromatic carbocycles. The van der Waals surface area contributed by atoms with Crippen molar-refractivity contribution in [3.8, 4) is 6.07 Å². The monoisotopic (exact) mass is 307 g/mol. The third-order valence-corrected chi connectivity index (χ3v) is 4.24. The van der Waals surface area contributed by atoms with Gasteiger partial charge in [0, 0.05) is 6.20 Å². The van der Waals surface area contributed by atoms with E-state index in [-0.39, 0.29) is 21.3 Å². The van der Waals surface area contributed by atoms with E-state index >= 15 is 0 Å². The summed E-state index contributed by atoms with van der Waals surface area (Å²) in [6.45, 7) is 1.77. The van der Waals surface area contributed by atoms with Crippen LogP contribution in [-0.4, -0.2) is 13.4 Å². The molecule has 1 heterocycles. The molecule has 0 aliphatic heterocycles. The zero-order valence-electron chi connectivity index (χ0n) is 10.5. The third-order valence-electron chi connectivity index (χ3n) is 2.52. The van der Waals surface area contributed by atoms with Gasteiger partial charge in [-0.25, -0.2) is 13.4 Å². The number of pyridine rings is 1. The van der Waals surface area contributed by atoms with E-state index in [1.54, 1.807) is 25.1 Å². The standard InChI is InChI=1S/C13H10ClN3O2S/c1-9-6-11(13(14)16-8-9)17-20(18,19)12-5-3-2-4-10(12)7-15/h2-6,8,17H,1H3. The Balaban J connectivity index is 2.47. The quantitative estimate of drug-likeness (QED) is 0.884. The van der Waals surface area contributed by atoms with Crippen LogP contribution in [0, 0.1) is 18.3 Å². The van der Waals surface area contributed by atoms with Crippen molar-refractivity contribution in [3.63, 3.8) is 0 Å². The van der Waals surface area contributed by atoms with Crippen molar-refractivity contribution in [2.75, 3.05) is 4.72 Å². The highest BCUT2D eigenvalue weighted by Crippen LogP contribution is 2.24. The van der Waals surface area contributed by atoms with Crippen molar-refractivity contribution >= 4 is 27.3 Å². The maximum absolute atomic E-state index is 12.3. The van der Waals surface area contributed by atoms with Gasteiger partial charge in [0.25, 0.3) is 10.0 Å². The van der Waals surface area contributed by atoms with E-state index in [2.05, 4.69) is 9.71 Å². The highest BCUT2D eigenvalue weighted by atomic mass is 35.5. The van der Waals surface area contributed by atoms with E-state index in [4.69, 9.17) is 16.9 Å². The first-order valence-corrected chi connectivity index (χ1v) is 7.44. The third kappa shape index (κ3) is 2.90. The normalized spacial score (nSPS) is 10.8. The van der Waals surface area contributed by atoms with Crippen LogP contribution in [0.3, 0.4) is 0 Å². The van der Waals surface area contributed by atoms with Gasteiger partial charge >= 0.3 is 0 Å². The molecular formula is C13H10ClN3O2S. The molecule has 0 bridgehead atoms. The molecule has 20 heavy (non-hydrogen) atoms. The zero-order valence-corrected chi connectivity index (χ0v) is 12.0. The van der Waals surface area contributed by atoms with Crippen LogP contribution in [0.4, 0.5) is 5.69 Å². The van der Waals surface area contributed by atoms with Crippen LogP contribution in [0.5, 0.6) is 0 Å². The molecular weight excluding hydrogens is 298 g/mol. The average molecular weight is 308 g/mol. The molecule has 5 nitrogen and oxygen atoms in total. The molecule has 0 saturated carbocycles. The van der Waals surface area contributed by atoms with Crippen molar-refractivity contribution in [1.82, 2.24) is 4.98 Å². The number of nitrogens with one attached hydrogen (secondary N) is 1. The van der Waals surface area contributed by atoms with Gasteiger partial charge in [-0.3, -0.25) is 4.72 Å². The lowest BCUT2D eigenvalue weighted by molar-refractivity contribution is 0.601. The highest BCUT2D eigenvalue weighted by molar-refractivity contribution is 7.92. The van der Waals surface area contributed by atoms with Crippen LogP contribution in [0.25, 0.3) is 0 Å². The lowest BCUT2D eigenvalue weighted by Crippen LogP contribution is -2.15. The molecule has 0 aliphatic rings. The fourth-order valence-electron chi connectivity index (χ4n) is 1.62. The number of aromatic nitrogens is 1. The summed E-state index contributed by atoms with van der Waals surface area (Å²) in [7, 11) is -3.89. The Hall–Kier alpha value is -2.10. The smallest absolute Gasteiger partial charge is 0.263 e. The van der Waals surface area contributed by atoms with Crippen molar-refractivity contribution in [3.05, 3.63) is 52.8 Å². The van der Waals surface area contributed by atoms with Crippen LogP contribution < -0.4 is 4.72 Å². The summed E-state index contributed by atoms with van der Waals surface area (Å²) in [5, 5.41) is 9.02. The number of hydrogen-bond donors (Lipinski definition) is 1. The van der Waals surface area contributed by atoms with Crippen LogP contribution in [-0.2, 0) is 10.0 Å². The Kier molecular flexibility index (Phi) is 3.93.